The van der Waals surface area contributed by atoms with E-state index in [1.165, 1.54) is 19.1 Å². The topological polar surface area (TPSA) is 59.1 Å². The van der Waals surface area contributed by atoms with Crippen molar-refractivity contribution in [2.45, 2.75) is 11.1 Å². The summed E-state index contributed by atoms with van der Waals surface area (Å²) in [7, 11) is -3.92. The monoisotopic (exact) mass is 384 g/mol. The van der Waals surface area contributed by atoms with E-state index in [0.717, 1.165) is 17.4 Å². The van der Waals surface area contributed by atoms with Gasteiger partial charge in [-0.15, -0.1) is 0 Å². The molecule has 0 bridgehead atoms. The molecule has 1 aromatic heterocycles. The highest BCUT2D eigenvalue weighted by Gasteiger charge is 2.23. The zero-order chi connectivity index (χ0) is 14.2. The highest BCUT2D eigenvalue weighted by atomic mass is 79.9. The third kappa shape index (κ3) is 3.07. The first kappa shape index (κ1) is 14.7. The molecule has 1 heterocycles. The van der Waals surface area contributed by atoms with Crippen LogP contribution in [0.4, 0.5) is 10.1 Å². The maximum absolute atomic E-state index is 13.6. The fraction of sp³-hybridized carbons (Fsp3) is 0.100. The lowest BCUT2D eigenvalue weighted by atomic mass is 10.3. The number of thiazole rings is 1. The Morgan fingerprint density at radius 3 is 2.68 bits per heavy atom. The van der Waals surface area contributed by atoms with Crippen LogP contribution in [0, 0.1) is 12.7 Å². The lowest BCUT2D eigenvalue weighted by molar-refractivity contribution is 0.599. The Morgan fingerprint density at radius 2 is 2.16 bits per heavy atom. The lowest BCUT2D eigenvalue weighted by Gasteiger charge is -2.09. The van der Waals surface area contributed by atoms with Gasteiger partial charge in [-0.3, -0.25) is 4.72 Å². The van der Waals surface area contributed by atoms with E-state index in [1.807, 2.05) is 0 Å². The number of hydrogen-bond donors (Lipinski definition) is 1. The van der Waals surface area contributed by atoms with Gasteiger partial charge in [-0.05, 0) is 35.0 Å². The number of rotatable bonds is 3. The zero-order valence-corrected chi connectivity index (χ0v) is 13.4. The van der Waals surface area contributed by atoms with Crippen LogP contribution in [-0.4, -0.2) is 13.4 Å². The second-order valence-corrected chi connectivity index (χ2v) is 7.86. The van der Waals surface area contributed by atoms with Crippen LogP contribution in [0.5, 0.6) is 0 Å². The molecule has 19 heavy (non-hydrogen) atoms. The van der Waals surface area contributed by atoms with Gasteiger partial charge in [0.1, 0.15) is 5.82 Å². The molecule has 0 aliphatic rings. The van der Waals surface area contributed by atoms with Crippen molar-refractivity contribution in [3.8, 4) is 0 Å². The van der Waals surface area contributed by atoms with Gasteiger partial charge in [-0.1, -0.05) is 29.0 Å². The quantitative estimate of drug-likeness (QED) is 0.874. The number of nitrogens with zero attached hydrogens (tertiary/aromatic N) is 1. The number of hydrogen-bond acceptors (Lipinski definition) is 4. The van der Waals surface area contributed by atoms with Crippen molar-refractivity contribution in [2.24, 2.45) is 0 Å². The standard InChI is InChI=1S/C10H7BrClFN2O2S2/c1-5-9(18-10(12)14-5)19(16,17)15-8-6(11)3-2-4-7(8)13/h2-4,15H,1H3. The first-order valence-electron chi connectivity index (χ1n) is 4.91. The highest BCUT2D eigenvalue weighted by molar-refractivity contribution is 9.10. The van der Waals surface area contributed by atoms with Crippen LogP contribution in [-0.2, 0) is 10.0 Å². The van der Waals surface area contributed by atoms with Crippen LogP contribution in [0.1, 0.15) is 5.69 Å². The molecule has 0 radical (unpaired) electrons. The predicted octanol–water partition coefficient (Wildman–Crippen LogP) is 3.81. The summed E-state index contributed by atoms with van der Waals surface area (Å²) in [6.45, 7) is 1.52. The molecule has 102 valence electrons. The average molecular weight is 386 g/mol. The molecular weight excluding hydrogens is 379 g/mol. The molecule has 0 fully saturated rings. The van der Waals surface area contributed by atoms with Crippen LogP contribution in [0.15, 0.2) is 26.9 Å². The highest BCUT2D eigenvalue weighted by Crippen LogP contribution is 2.31. The lowest BCUT2D eigenvalue weighted by Crippen LogP contribution is -2.14. The Hall–Kier alpha value is -0.700. The number of benzene rings is 1. The number of anilines is 1. The van der Waals surface area contributed by atoms with Gasteiger partial charge in [0.05, 0.1) is 11.4 Å². The van der Waals surface area contributed by atoms with Crippen LogP contribution < -0.4 is 4.72 Å². The number of halogens is 3. The number of aromatic nitrogens is 1. The van der Waals surface area contributed by atoms with Gasteiger partial charge in [0.15, 0.2) is 8.68 Å². The number of nitrogens with one attached hydrogen (secondary N) is 1. The minimum atomic E-state index is -3.92. The average Bonchev–Trinajstić information content (AvgIpc) is 2.64. The van der Waals surface area contributed by atoms with Gasteiger partial charge in [-0.25, -0.2) is 17.8 Å². The molecule has 0 saturated carbocycles. The Morgan fingerprint density at radius 1 is 1.47 bits per heavy atom. The Balaban J connectivity index is 2.45. The molecule has 1 N–H and O–H groups in total. The normalized spacial score (nSPS) is 11.6. The molecule has 2 aromatic rings. The van der Waals surface area contributed by atoms with E-state index in [-0.39, 0.29) is 20.1 Å². The SMILES string of the molecule is Cc1nc(Cl)sc1S(=O)(=O)Nc1c(F)cccc1Br. The Labute approximate surface area is 126 Å². The summed E-state index contributed by atoms with van der Waals surface area (Å²) < 4.78 is 40.5. The van der Waals surface area contributed by atoms with E-state index in [2.05, 4.69) is 25.6 Å². The van der Waals surface area contributed by atoms with Crippen molar-refractivity contribution < 1.29 is 12.8 Å². The van der Waals surface area contributed by atoms with Crippen LogP contribution >= 0.6 is 38.9 Å². The molecule has 0 aliphatic heterocycles. The van der Waals surface area contributed by atoms with Crippen LogP contribution in [0.2, 0.25) is 4.47 Å². The first-order valence-corrected chi connectivity index (χ1v) is 8.38. The van der Waals surface area contributed by atoms with E-state index in [4.69, 9.17) is 11.6 Å². The van der Waals surface area contributed by atoms with Gasteiger partial charge in [0, 0.05) is 4.47 Å². The van der Waals surface area contributed by atoms with Gasteiger partial charge >= 0.3 is 0 Å². The molecule has 0 amide bonds. The van der Waals surface area contributed by atoms with Gasteiger partial charge in [0.25, 0.3) is 10.0 Å². The summed E-state index contributed by atoms with van der Waals surface area (Å²) in [6.07, 6.45) is 0. The molecule has 9 heteroatoms. The van der Waals surface area contributed by atoms with Crippen molar-refractivity contribution in [3.63, 3.8) is 0 Å². The molecule has 1 aromatic carbocycles. The van der Waals surface area contributed by atoms with E-state index in [9.17, 15) is 12.8 Å². The van der Waals surface area contributed by atoms with E-state index in [1.54, 1.807) is 0 Å². The third-order valence-electron chi connectivity index (χ3n) is 2.17. The van der Waals surface area contributed by atoms with Crippen molar-refractivity contribution in [1.82, 2.24) is 4.98 Å². The number of aryl methyl sites for hydroxylation is 1. The summed E-state index contributed by atoms with van der Waals surface area (Å²) in [4.78, 5) is 3.82. The van der Waals surface area contributed by atoms with Crippen molar-refractivity contribution in [1.29, 1.82) is 0 Å². The number of sulfonamides is 1. The Bertz CT molecular complexity index is 713. The molecule has 0 saturated heterocycles. The summed E-state index contributed by atoms with van der Waals surface area (Å²) in [5.41, 5.74) is 0.126. The molecule has 0 unspecified atom stereocenters. The minimum Gasteiger partial charge on any atom is -0.275 e. The van der Waals surface area contributed by atoms with Crippen LogP contribution in [0.25, 0.3) is 0 Å². The zero-order valence-electron chi connectivity index (χ0n) is 9.45. The van der Waals surface area contributed by atoms with Crippen molar-refractivity contribution in [2.75, 3.05) is 4.72 Å². The summed E-state index contributed by atoms with van der Waals surface area (Å²) in [5, 5.41) is 0. The molecule has 4 nitrogen and oxygen atoms in total. The van der Waals surface area contributed by atoms with E-state index >= 15 is 0 Å². The Kier molecular flexibility index (Phi) is 4.14. The third-order valence-corrected chi connectivity index (χ3v) is 6.05. The smallest absolute Gasteiger partial charge is 0.273 e. The fourth-order valence-electron chi connectivity index (χ4n) is 1.38. The molecule has 0 atom stereocenters. The largest absolute Gasteiger partial charge is 0.275 e. The molecule has 0 spiro atoms. The van der Waals surface area contributed by atoms with Crippen LogP contribution in [0.3, 0.4) is 0 Å². The summed E-state index contributed by atoms with van der Waals surface area (Å²) >= 11 is 9.58. The number of para-hydroxylation sites is 1. The molecular formula is C10H7BrClFN2O2S2. The molecule has 2 rings (SSSR count). The van der Waals surface area contributed by atoms with E-state index < -0.39 is 15.8 Å². The van der Waals surface area contributed by atoms with E-state index in [0.29, 0.717) is 4.47 Å². The summed E-state index contributed by atoms with van der Waals surface area (Å²) in [6, 6.07) is 4.16. The first-order chi connectivity index (χ1) is 8.81. The van der Waals surface area contributed by atoms with Gasteiger partial charge in [0.2, 0.25) is 0 Å². The fourth-order valence-corrected chi connectivity index (χ4v) is 4.78. The predicted molar refractivity (Wildman–Crippen MR) is 76.8 cm³/mol. The minimum absolute atomic E-state index is 0.0346. The van der Waals surface area contributed by atoms with Gasteiger partial charge in [-0.2, -0.15) is 0 Å². The van der Waals surface area contributed by atoms with Gasteiger partial charge < -0.3 is 0 Å². The second kappa shape index (κ2) is 5.35. The van der Waals surface area contributed by atoms with Crippen molar-refractivity contribution in [3.05, 3.63) is 38.6 Å². The molecule has 0 aliphatic carbocycles. The second-order valence-electron chi connectivity index (χ2n) is 3.54. The van der Waals surface area contributed by atoms with Crippen molar-refractivity contribution >= 4 is 54.6 Å². The maximum atomic E-state index is 13.6. The summed E-state index contributed by atoms with van der Waals surface area (Å²) in [5.74, 6) is -0.675. The maximum Gasteiger partial charge on any atom is 0.273 e.